The molecular formula is C15H13ClN4O2. The number of carbonyl (C=O) groups is 2. The lowest BCUT2D eigenvalue weighted by Gasteiger charge is -2.04. The Labute approximate surface area is 132 Å². The molecule has 0 aliphatic heterocycles. The van der Waals surface area contributed by atoms with Crippen LogP contribution >= 0.6 is 11.6 Å². The van der Waals surface area contributed by atoms with Gasteiger partial charge in [0, 0.05) is 16.8 Å². The second-order valence-corrected chi connectivity index (χ2v) is 4.67. The van der Waals surface area contributed by atoms with Gasteiger partial charge in [-0.25, -0.2) is 5.43 Å². The SMILES string of the molecule is O=C(CNC(=O)c1ccc(Cl)cc1)N/N=C\c1ccccn1. The number of benzene rings is 1. The molecule has 2 amide bonds. The van der Waals surface area contributed by atoms with E-state index in [4.69, 9.17) is 11.6 Å². The van der Waals surface area contributed by atoms with E-state index in [-0.39, 0.29) is 12.5 Å². The summed E-state index contributed by atoms with van der Waals surface area (Å²) in [6.07, 6.45) is 3.04. The van der Waals surface area contributed by atoms with Crippen LogP contribution in [0, 0.1) is 0 Å². The number of rotatable bonds is 5. The zero-order valence-electron chi connectivity index (χ0n) is 11.5. The maximum Gasteiger partial charge on any atom is 0.259 e. The topological polar surface area (TPSA) is 83.5 Å². The number of hydrazone groups is 1. The highest BCUT2D eigenvalue weighted by atomic mass is 35.5. The molecule has 0 saturated heterocycles. The molecule has 1 aromatic carbocycles. The zero-order valence-corrected chi connectivity index (χ0v) is 12.2. The number of aromatic nitrogens is 1. The van der Waals surface area contributed by atoms with Crippen LogP contribution in [0.5, 0.6) is 0 Å². The van der Waals surface area contributed by atoms with Gasteiger partial charge in [-0.2, -0.15) is 5.10 Å². The molecule has 2 aromatic rings. The molecule has 0 bridgehead atoms. The first-order valence-electron chi connectivity index (χ1n) is 6.42. The van der Waals surface area contributed by atoms with E-state index in [2.05, 4.69) is 20.8 Å². The van der Waals surface area contributed by atoms with Gasteiger partial charge in [0.05, 0.1) is 18.5 Å². The van der Waals surface area contributed by atoms with Gasteiger partial charge in [0.1, 0.15) is 0 Å². The Morgan fingerprint density at radius 2 is 1.95 bits per heavy atom. The van der Waals surface area contributed by atoms with E-state index >= 15 is 0 Å². The third-order valence-corrected chi connectivity index (χ3v) is 2.84. The van der Waals surface area contributed by atoms with Gasteiger partial charge in [0.2, 0.25) is 0 Å². The summed E-state index contributed by atoms with van der Waals surface area (Å²) in [6.45, 7) is -0.180. The van der Waals surface area contributed by atoms with Crippen LogP contribution in [0.4, 0.5) is 0 Å². The predicted octanol–water partition coefficient (Wildman–Crippen LogP) is 1.62. The van der Waals surface area contributed by atoms with Crippen LogP contribution in [0.15, 0.2) is 53.8 Å². The van der Waals surface area contributed by atoms with Crippen molar-refractivity contribution >= 4 is 29.6 Å². The molecule has 1 heterocycles. The smallest absolute Gasteiger partial charge is 0.259 e. The Hall–Kier alpha value is -2.73. The third-order valence-electron chi connectivity index (χ3n) is 2.59. The van der Waals surface area contributed by atoms with Crippen LogP contribution in [0.25, 0.3) is 0 Å². The first-order chi connectivity index (χ1) is 10.6. The predicted molar refractivity (Wildman–Crippen MR) is 83.8 cm³/mol. The molecular weight excluding hydrogens is 304 g/mol. The van der Waals surface area contributed by atoms with Gasteiger partial charge < -0.3 is 5.32 Å². The molecule has 1 aromatic heterocycles. The second-order valence-electron chi connectivity index (χ2n) is 4.24. The van der Waals surface area contributed by atoms with Crippen molar-refractivity contribution in [3.63, 3.8) is 0 Å². The highest BCUT2D eigenvalue weighted by Gasteiger charge is 2.07. The van der Waals surface area contributed by atoms with E-state index in [0.717, 1.165) is 0 Å². The van der Waals surface area contributed by atoms with Crippen LogP contribution in [0.2, 0.25) is 5.02 Å². The van der Waals surface area contributed by atoms with Gasteiger partial charge in [0.25, 0.3) is 11.8 Å². The molecule has 7 heteroatoms. The summed E-state index contributed by atoms with van der Waals surface area (Å²) in [5.41, 5.74) is 3.35. The molecule has 2 rings (SSSR count). The Morgan fingerprint density at radius 3 is 2.64 bits per heavy atom. The lowest BCUT2D eigenvalue weighted by atomic mass is 10.2. The Bertz CT molecular complexity index is 672. The summed E-state index contributed by atoms with van der Waals surface area (Å²) in [6, 6.07) is 11.7. The minimum Gasteiger partial charge on any atom is -0.343 e. The summed E-state index contributed by atoms with van der Waals surface area (Å²) >= 11 is 5.73. The van der Waals surface area contributed by atoms with E-state index in [0.29, 0.717) is 16.3 Å². The average molecular weight is 317 g/mol. The highest BCUT2D eigenvalue weighted by molar-refractivity contribution is 6.30. The number of pyridine rings is 1. The van der Waals surface area contributed by atoms with Crippen molar-refractivity contribution in [1.82, 2.24) is 15.7 Å². The van der Waals surface area contributed by atoms with Crippen molar-refractivity contribution in [2.75, 3.05) is 6.54 Å². The molecule has 112 valence electrons. The molecule has 0 atom stereocenters. The average Bonchev–Trinajstić information content (AvgIpc) is 2.54. The van der Waals surface area contributed by atoms with Crippen molar-refractivity contribution < 1.29 is 9.59 Å². The fourth-order valence-corrected chi connectivity index (χ4v) is 1.65. The number of halogens is 1. The summed E-state index contributed by atoms with van der Waals surface area (Å²) in [5, 5.41) is 6.77. The number of hydrogen-bond donors (Lipinski definition) is 2. The summed E-state index contributed by atoms with van der Waals surface area (Å²) < 4.78 is 0. The molecule has 0 spiro atoms. The van der Waals surface area contributed by atoms with Gasteiger partial charge in [0.15, 0.2) is 0 Å². The van der Waals surface area contributed by atoms with E-state index in [1.807, 2.05) is 6.07 Å². The van der Waals surface area contributed by atoms with Crippen molar-refractivity contribution in [3.05, 3.63) is 64.9 Å². The number of nitrogens with zero attached hydrogens (tertiary/aromatic N) is 2. The Kier molecular flexibility index (Phi) is 5.62. The molecule has 0 fully saturated rings. The van der Waals surface area contributed by atoms with Crippen LogP contribution < -0.4 is 10.7 Å². The van der Waals surface area contributed by atoms with E-state index in [9.17, 15) is 9.59 Å². The maximum absolute atomic E-state index is 11.8. The minimum atomic E-state index is -0.436. The molecule has 0 aliphatic rings. The van der Waals surface area contributed by atoms with E-state index < -0.39 is 5.91 Å². The van der Waals surface area contributed by atoms with Gasteiger partial charge in [-0.05, 0) is 36.4 Å². The van der Waals surface area contributed by atoms with Crippen molar-refractivity contribution in [2.45, 2.75) is 0 Å². The minimum absolute atomic E-state index is 0.180. The molecule has 22 heavy (non-hydrogen) atoms. The van der Waals surface area contributed by atoms with Crippen LogP contribution in [0.3, 0.4) is 0 Å². The highest BCUT2D eigenvalue weighted by Crippen LogP contribution is 2.09. The zero-order chi connectivity index (χ0) is 15.8. The Morgan fingerprint density at radius 1 is 1.18 bits per heavy atom. The number of carbonyl (C=O) groups excluding carboxylic acids is 2. The van der Waals surface area contributed by atoms with Crippen LogP contribution in [0.1, 0.15) is 16.1 Å². The summed E-state index contributed by atoms with van der Waals surface area (Å²) in [4.78, 5) is 27.3. The van der Waals surface area contributed by atoms with Gasteiger partial charge in [-0.3, -0.25) is 14.6 Å². The fraction of sp³-hybridized carbons (Fsp3) is 0.0667. The number of hydrogen-bond acceptors (Lipinski definition) is 4. The molecule has 0 aliphatic carbocycles. The van der Waals surface area contributed by atoms with Crippen molar-refractivity contribution in [3.8, 4) is 0 Å². The number of nitrogens with one attached hydrogen (secondary N) is 2. The molecule has 0 unspecified atom stereocenters. The number of amides is 2. The van der Waals surface area contributed by atoms with Crippen molar-refractivity contribution in [2.24, 2.45) is 5.10 Å². The lowest BCUT2D eigenvalue weighted by Crippen LogP contribution is -2.34. The summed E-state index contributed by atoms with van der Waals surface area (Å²) in [7, 11) is 0. The molecule has 6 nitrogen and oxygen atoms in total. The van der Waals surface area contributed by atoms with Gasteiger partial charge >= 0.3 is 0 Å². The van der Waals surface area contributed by atoms with E-state index in [1.54, 1.807) is 42.6 Å². The summed E-state index contributed by atoms with van der Waals surface area (Å²) in [5.74, 6) is -0.796. The molecule has 0 radical (unpaired) electrons. The molecule has 2 N–H and O–H groups in total. The van der Waals surface area contributed by atoms with Gasteiger partial charge in [-0.15, -0.1) is 0 Å². The Balaban J connectivity index is 1.77. The maximum atomic E-state index is 11.8. The van der Waals surface area contributed by atoms with Crippen LogP contribution in [-0.2, 0) is 4.79 Å². The van der Waals surface area contributed by atoms with E-state index in [1.165, 1.54) is 6.21 Å². The quantitative estimate of drug-likeness (QED) is 0.649. The fourth-order valence-electron chi connectivity index (χ4n) is 1.53. The first-order valence-corrected chi connectivity index (χ1v) is 6.79. The van der Waals surface area contributed by atoms with Crippen LogP contribution in [-0.4, -0.2) is 29.6 Å². The normalized spacial score (nSPS) is 10.4. The second kappa shape index (κ2) is 7.90. The largest absolute Gasteiger partial charge is 0.343 e. The lowest BCUT2D eigenvalue weighted by molar-refractivity contribution is -0.120. The van der Waals surface area contributed by atoms with Crippen molar-refractivity contribution in [1.29, 1.82) is 0 Å². The third kappa shape index (κ3) is 4.99. The van der Waals surface area contributed by atoms with Gasteiger partial charge in [-0.1, -0.05) is 17.7 Å². The molecule has 0 saturated carbocycles. The first kappa shape index (κ1) is 15.7. The monoisotopic (exact) mass is 316 g/mol. The standard InChI is InChI=1S/C15H13ClN4O2/c16-12-6-4-11(5-7-12)15(22)18-10-14(21)20-19-9-13-3-1-2-8-17-13/h1-9H,10H2,(H,18,22)(H,20,21)/b19-9-.